The van der Waals surface area contributed by atoms with E-state index in [1.807, 2.05) is 0 Å². The molecule has 1 aliphatic rings. The number of aromatic amines is 1. The van der Waals surface area contributed by atoms with Gasteiger partial charge in [0.15, 0.2) is 0 Å². The number of ether oxygens (including phenoxy) is 1. The van der Waals surface area contributed by atoms with Crippen molar-refractivity contribution in [2.24, 2.45) is 0 Å². The van der Waals surface area contributed by atoms with Crippen molar-refractivity contribution in [3.8, 4) is 0 Å². The molecule has 21 heavy (non-hydrogen) atoms. The highest BCUT2D eigenvalue weighted by molar-refractivity contribution is 5.86. The third-order valence-corrected chi connectivity index (χ3v) is 3.45. The number of hydrogen-bond donors (Lipinski definition) is 4. The topological polar surface area (TPSA) is 129 Å². The summed E-state index contributed by atoms with van der Waals surface area (Å²) in [7, 11) is 0. The molecule has 0 spiro atoms. The van der Waals surface area contributed by atoms with Crippen molar-refractivity contribution < 1.29 is 19.4 Å². The van der Waals surface area contributed by atoms with Crippen molar-refractivity contribution in [2.45, 2.75) is 31.2 Å². The molecule has 1 aromatic rings. The number of nitrogens with zero attached hydrogens (tertiary/aromatic N) is 2. The number of carboxylic acid groups (broad SMARTS) is 1. The summed E-state index contributed by atoms with van der Waals surface area (Å²) in [5, 5.41) is 21.0. The highest BCUT2D eigenvalue weighted by Gasteiger charge is 2.41. The molecule has 1 aliphatic heterocycles. The van der Waals surface area contributed by atoms with Crippen LogP contribution in [0.4, 0.5) is 4.79 Å². The molecule has 0 saturated carbocycles. The third kappa shape index (κ3) is 4.15. The summed E-state index contributed by atoms with van der Waals surface area (Å²) >= 11 is 0. The van der Waals surface area contributed by atoms with Crippen LogP contribution >= 0.6 is 0 Å². The number of H-pyrrole nitrogens is 1. The zero-order valence-corrected chi connectivity index (χ0v) is 11.6. The lowest BCUT2D eigenvalue weighted by atomic mass is 9.90. The molecule has 2 rings (SSSR count). The monoisotopic (exact) mass is 297 g/mol. The number of amides is 2. The van der Waals surface area contributed by atoms with Crippen LogP contribution in [0.2, 0.25) is 0 Å². The van der Waals surface area contributed by atoms with E-state index in [4.69, 9.17) is 4.74 Å². The summed E-state index contributed by atoms with van der Waals surface area (Å²) in [5.41, 5.74) is -1.23. The van der Waals surface area contributed by atoms with Crippen molar-refractivity contribution in [2.75, 3.05) is 19.8 Å². The first-order chi connectivity index (χ1) is 10.1. The number of rotatable bonds is 6. The number of urea groups is 1. The molecule has 0 bridgehead atoms. The van der Waals surface area contributed by atoms with Gasteiger partial charge in [-0.25, -0.2) is 14.6 Å². The first kappa shape index (κ1) is 15.2. The minimum atomic E-state index is -1.23. The predicted molar refractivity (Wildman–Crippen MR) is 71.7 cm³/mol. The van der Waals surface area contributed by atoms with E-state index < -0.39 is 17.5 Å². The highest BCUT2D eigenvalue weighted by Crippen LogP contribution is 2.20. The third-order valence-electron chi connectivity index (χ3n) is 3.45. The van der Waals surface area contributed by atoms with E-state index in [1.165, 1.54) is 6.33 Å². The lowest BCUT2D eigenvalue weighted by Crippen LogP contribution is -2.59. The number of aryl methyl sites for hydroxylation is 1. The molecule has 0 atom stereocenters. The van der Waals surface area contributed by atoms with E-state index in [0.29, 0.717) is 32.6 Å². The minimum Gasteiger partial charge on any atom is -0.480 e. The van der Waals surface area contributed by atoms with Gasteiger partial charge in [-0.2, -0.15) is 5.10 Å². The van der Waals surface area contributed by atoms with E-state index in [1.54, 1.807) is 0 Å². The van der Waals surface area contributed by atoms with Gasteiger partial charge in [-0.05, 0) is 6.42 Å². The van der Waals surface area contributed by atoms with Crippen molar-refractivity contribution in [1.29, 1.82) is 0 Å². The average Bonchev–Trinajstić information content (AvgIpc) is 2.98. The second-order valence-corrected chi connectivity index (χ2v) is 4.92. The molecule has 0 unspecified atom stereocenters. The lowest BCUT2D eigenvalue weighted by molar-refractivity contribution is -0.148. The van der Waals surface area contributed by atoms with Gasteiger partial charge in [0.1, 0.15) is 17.7 Å². The highest BCUT2D eigenvalue weighted by atomic mass is 16.5. The first-order valence-electron chi connectivity index (χ1n) is 6.84. The van der Waals surface area contributed by atoms with Crippen LogP contribution in [-0.4, -0.2) is 57.6 Å². The first-order valence-corrected chi connectivity index (χ1v) is 6.84. The number of aliphatic carboxylic acids is 1. The van der Waals surface area contributed by atoms with Crippen LogP contribution in [0.1, 0.15) is 25.1 Å². The molecule has 0 aromatic carbocycles. The van der Waals surface area contributed by atoms with E-state index in [2.05, 4.69) is 25.8 Å². The molecule has 1 aromatic heterocycles. The predicted octanol–water partition coefficient (Wildman–Crippen LogP) is -0.330. The van der Waals surface area contributed by atoms with Gasteiger partial charge in [0.2, 0.25) is 0 Å². The summed E-state index contributed by atoms with van der Waals surface area (Å²) in [6.45, 7) is 1.09. The van der Waals surface area contributed by atoms with Crippen LogP contribution in [0.15, 0.2) is 6.33 Å². The number of hydrogen-bond acceptors (Lipinski definition) is 5. The molecule has 9 heteroatoms. The number of carbonyl (C=O) groups excluding carboxylic acids is 1. The lowest BCUT2D eigenvalue weighted by Gasteiger charge is -2.33. The van der Waals surface area contributed by atoms with Crippen molar-refractivity contribution >= 4 is 12.0 Å². The van der Waals surface area contributed by atoms with Crippen molar-refractivity contribution in [3.05, 3.63) is 12.2 Å². The molecule has 0 aliphatic carbocycles. The zero-order chi connectivity index (χ0) is 15.1. The van der Waals surface area contributed by atoms with Crippen molar-refractivity contribution in [3.63, 3.8) is 0 Å². The second kappa shape index (κ2) is 7.02. The average molecular weight is 297 g/mol. The van der Waals surface area contributed by atoms with Gasteiger partial charge < -0.3 is 20.5 Å². The molecular formula is C12H19N5O4. The maximum Gasteiger partial charge on any atom is 0.329 e. The van der Waals surface area contributed by atoms with Gasteiger partial charge in [-0.15, -0.1) is 0 Å². The molecular weight excluding hydrogens is 278 g/mol. The van der Waals surface area contributed by atoms with E-state index in [-0.39, 0.29) is 12.8 Å². The molecule has 1 saturated heterocycles. The van der Waals surface area contributed by atoms with Crippen LogP contribution in [0.25, 0.3) is 0 Å². The maximum absolute atomic E-state index is 11.8. The summed E-state index contributed by atoms with van der Waals surface area (Å²) in [5.74, 6) is -0.272. The number of carbonyl (C=O) groups is 2. The second-order valence-electron chi connectivity index (χ2n) is 4.92. The molecule has 2 amide bonds. The Hall–Kier alpha value is -2.16. The number of nitrogens with one attached hydrogen (secondary N) is 3. The zero-order valence-electron chi connectivity index (χ0n) is 11.6. The SMILES string of the molecule is O=C(NCCCc1ncn[nH]1)NC1(C(=O)O)CCOCC1. The smallest absolute Gasteiger partial charge is 0.329 e. The van der Waals surface area contributed by atoms with Crippen LogP contribution in [0.5, 0.6) is 0 Å². The molecule has 2 heterocycles. The van der Waals surface area contributed by atoms with Crippen molar-refractivity contribution in [1.82, 2.24) is 25.8 Å². The van der Waals surface area contributed by atoms with Crippen LogP contribution < -0.4 is 10.6 Å². The Morgan fingerprint density at radius 2 is 2.19 bits per heavy atom. The Morgan fingerprint density at radius 1 is 1.43 bits per heavy atom. The van der Waals surface area contributed by atoms with E-state index >= 15 is 0 Å². The van der Waals surface area contributed by atoms with Gasteiger partial charge in [0.25, 0.3) is 0 Å². The van der Waals surface area contributed by atoms with Gasteiger partial charge in [0, 0.05) is 39.0 Å². The summed E-state index contributed by atoms with van der Waals surface area (Å²) in [4.78, 5) is 27.2. The molecule has 1 fully saturated rings. The minimum absolute atomic E-state index is 0.272. The largest absolute Gasteiger partial charge is 0.480 e. The van der Waals surface area contributed by atoms with Gasteiger partial charge in [-0.1, -0.05) is 0 Å². The summed E-state index contributed by atoms with van der Waals surface area (Å²) in [6, 6.07) is -0.475. The molecule has 0 radical (unpaired) electrons. The van der Waals surface area contributed by atoms with Crippen LogP contribution in [0, 0.1) is 0 Å². The summed E-state index contributed by atoms with van der Waals surface area (Å²) < 4.78 is 5.14. The van der Waals surface area contributed by atoms with Crippen LogP contribution in [0.3, 0.4) is 0 Å². The Morgan fingerprint density at radius 3 is 2.81 bits per heavy atom. The fraction of sp³-hybridized carbons (Fsp3) is 0.667. The van der Waals surface area contributed by atoms with Gasteiger partial charge >= 0.3 is 12.0 Å². The normalized spacial score (nSPS) is 17.1. The Kier molecular flexibility index (Phi) is 5.09. The molecule has 116 valence electrons. The maximum atomic E-state index is 11.8. The van der Waals surface area contributed by atoms with E-state index in [9.17, 15) is 14.7 Å². The van der Waals surface area contributed by atoms with Gasteiger partial charge in [0.05, 0.1) is 0 Å². The fourth-order valence-corrected chi connectivity index (χ4v) is 2.18. The number of carboxylic acids is 1. The standard InChI is InChI=1S/C12H19N5O4/c18-10(19)12(3-6-21-7-4-12)16-11(20)13-5-1-2-9-14-8-15-17-9/h8H,1-7H2,(H,18,19)(H2,13,16,20)(H,14,15,17). The summed E-state index contributed by atoms with van der Waals surface area (Å²) in [6.07, 6.45) is 3.32. The Balaban J connectivity index is 1.73. The van der Waals surface area contributed by atoms with E-state index in [0.717, 1.165) is 5.82 Å². The fourth-order valence-electron chi connectivity index (χ4n) is 2.18. The quantitative estimate of drug-likeness (QED) is 0.532. The Bertz CT molecular complexity index is 470. The Labute approximate surface area is 121 Å². The molecule has 4 N–H and O–H groups in total. The van der Waals surface area contributed by atoms with Gasteiger partial charge in [-0.3, -0.25) is 5.10 Å². The molecule has 9 nitrogen and oxygen atoms in total. The van der Waals surface area contributed by atoms with Crippen LogP contribution in [-0.2, 0) is 16.0 Å². The number of aromatic nitrogens is 3.